The average Bonchev–Trinajstić information content (AvgIpc) is 2.92. The van der Waals surface area contributed by atoms with Crippen molar-refractivity contribution < 1.29 is 14.7 Å². The third kappa shape index (κ3) is 5.64. The van der Waals surface area contributed by atoms with Gasteiger partial charge < -0.3 is 21.5 Å². The fourth-order valence-corrected chi connectivity index (χ4v) is 2.18. The van der Waals surface area contributed by atoms with Crippen molar-refractivity contribution in [1.82, 2.24) is 15.1 Å². The van der Waals surface area contributed by atoms with Gasteiger partial charge in [0.25, 0.3) is 0 Å². The minimum atomic E-state index is -0.503. The molecule has 0 fully saturated rings. The first-order chi connectivity index (χ1) is 11.4. The lowest BCUT2D eigenvalue weighted by Gasteiger charge is -2.14. The maximum absolute atomic E-state index is 11.9. The molecule has 1 aromatic heterocycles. The monoisotopic (exact) mass is 331 g/mol. The molecule has 8 heteroatoms. The van der Waals surface area contributed by atoms with E-state index in [0.29, 0.717) is 5.69 Å². The minimum Gasteiger partial charge on any atom is -0.508 e. The largest absolute Gasteiger partial charge is 0.508 e. The number of phenols is 1. The zero-order chi connectivity index (χ0) is 17.5. The highest BCUT2D eigenvalue weighted by molar-refractivity contribution is 5.89. The number of nitrogens with zero attached hydrogens (tertiary/aromatic N) is 2. The quantitative estimate of drug-likeness (QED) is 0.609. The number of primary amides is 1. The standard InChI is InChI=1S/C16H21N5O3/c1-11(2-3-12-4-6-14(22)7-5-12)19-16(24)20-13-8-18-21(9-13)10-15(17)23/h4-9,11,22H,2-3,10H2,1H3,(H2,17,23)(H2,19,20,24). The summed E-state index contributed by atoms with van der Waals surface area (Å²) in [6.07, 6.45) is 4.53. The smallest absolute Gasteiger partial charge is 0.319 e. The highest BCUT2D eigenvalue weighted by atomic mass is 16.3. The molecule has 0 spiro atoms. The van der Waals surface area contributed by atoms with Crippen LogP contribution in [0.3, 0.4) is 0 Å². The molecule has 2 aromatic rings. The van der Waals surface area contributed by atoms with E-state index in [1.165, 1.54) is 17.1 Å². The number of hydrogen-bond donors (Lipinski definition) is 4. The number of aromatic nitrogens is 2. The molecule has 1 heterocycles. The van der Waals surface area contributed by atoms with Crippen molar-refractivity contribution in [2.24, 2.45) is 5.73 Å². The molecule has 1 aromatic carbocycles. The fourth-order valence-electron chi connectivity index (χ4n) is 2.18. The molecule has 3 amide bonds. The van der Waals surface area contributed by atoms with Crippen LogP contribution in [-0.2, 0) is 17.8 Å². The second-order valence-electron chi connectivity index (χ2n) is 5.60. The van der Waals surface area contributed by atoms with Crippen molar-refractivity contribution in [3.8, 4) is 5.75 Å². The van der Waals surface area contributed by atoms with Crippen LogP contribution in [0.25, 0.3) is 0 Å². The predicted octanol–water partition coefficient (Wildman–Crippen LogP) is 1.22. The van der Waals surface area contributed by atoms with Gasteiger partial charge in [0, 0.05) is 12.2 Å². The Hall–Kier alpha value is -3.03. The second-order valence-corrected chi connectivity index (χ2v) is 5.60. The van der Waals surface area contributed by atoms with Gasteiger partial charge in [0.2, 0.25) is 5.91 Å². The second kappa shape index (κ2) is 8.00. The minimum absolute atomic E-state index is 0.0283. The van der Waals surface area contributed by atoms with E-state index in [-0.39, 0.29) is 24.4 Å². The van der Waals surface area contributed by atoms with Crippen LogP contribution in [0.4, 0.5) is 10.5 Å². The lowest BCUT2D eigenvalue weighted by Crippen LogP contribution is -2.36. The molecule has 1 unspecified atom stereocenters. The molecule has 0 saturated heterocycles. The molecule has 0 saturated carbocycles. The number of nitrogens with one attached hydrogen (secondary N) is 2. The Morgan fingerprint density at radius 2 is 2.04 bits per heavy atom. The highest BCUT2D eigenvalue weighted by Crippen LogP contribution is 2.12. The number of carbonyl (C=O) groups excluding carboxylic acids is 2. The number of anilines is 1. The fraction of sp³-hybridized carbons (Fsp3) is 0.312. The number of benzene rings is 1. The van der Waals surface area contributed by atoms with E-state index in [1.54, 1.807) is 12.1 Å². The van der Waals surface area contributed by atoms with Crippen LogP contribution in [0.2, 0.25) is 0 Å². The molecule has 0 bridgehead atoms. The zero-order valence-corrected chi connectivity index (χ0v) is 13.4. The first kappa shape index (κ1) is 17.3. The van der Waals surface area contributed by atoms with Crippen LogP contribution >= 0.6 is 0 Å². The van der Waals surface area contributed by atoms with Gasteiger partial charge in [-0.2, -0.15) is 5.10 Å². The zero-order valence-electron chi connectivity index (χ0n) is 13.4. The first-order valence-electron chi connectivity index (χ1n) is 7.58. The summed E-state index contributed by atoms with van der Waals surface area (Å²) in [5.41, 5.74) is 6.65. The van der Waals surface area contributed by atoms with Gasteiger partial charge in [-0.05, 0) is 37.5 Å². The molecule has 2 rings (SSSR count). The summed E-state index contributed by atoms with van der Waals surface area (Å²) in [5, 5.41) is 18.7. The number of phenolic OH excluding ortho intramolecular Hbond substituents is 1. The molecular formula is C16H21N5O3. The van der Waals surface area contributed by atoms with Gasteiger partial charge in [-0.25, -0.2) is 4.79 Å². The first-order valence-corrected chi connectivity index (χ1v) is 7.58. The van der Waals surface area contributed by atoms with E-state index in [9.17, 15) is 14.7 Å². The third-order valence-electron chi connectivity index (χ3n) is 3.39. The van der Waals surface area contributed by atoms with Crippen molar-refractivity contribution >= 4 is 17.6 Å². The number of hydrogen-bond acceptors (Lipinski definition) is 4. The molecule has 0 radical (unpaired) electrons. The Morgan fingerprint density at radius 3 is 2.71 bits per heavy atom. The van der Waals surface area contributed by atoms with Crippen molar-refractivity contribution in [3.63, 3.8) is 0 Å². The third-order valence-corrected chi connectivity index (χ3v) is 3.39. The van der Waals surface area contributed by atoms with Crippen LogP contribution in [0.5, 0.6) is 5.75 Å². The number of amides is 3. The molecule has 5 N–H and O–H groups in total. The maximum atomic E-state index is 11.9. The van der Waals surface area contributed by atoms with Crippen LogP contribution < -0.4 is 16.4 Å². The van der Waals surface area contributed by atoms with E-state index < -0.39 is 5.91 Å². The van der Waals surface area contributed by atoms with Gasteiger partial charge in [-0.3, -0.25) is 9.48 Å². The van der Waals surface area contributed by atoms with Crippen molar-refractivity contribution in [1.29, 1.82) is 0 Å². The Morgan fingerprint density at radius 1 is 1.33 bits per heavy atom. The van der Waals surface area contributed by atoms with E-state index in [1.807, 2.05) is 19.1 Å². The average molecular weight is 331 g/mol. The van der Waals surface area contributed by atoms with Crippen molar-refractivity contribution in [3.05, 3.63) is 42.2 Å². The van der Waals surface area contributed by atoms with E-state index in [2.05, 4.69) is 15.7 Å². The van der Waals surface area contributed by atoms with Crippen molar-refractivity contribution in [2.45, 2.75) is 32.4 Å². The van der Waals surface area contributed by atoms with Crippen molar-refractivity contribution in [2.75, 3.05) is 5.32 Å². The van der Waals surface area contributed by atoms with Gasteiger partial charge >= 0.3 is 6.03 Å². The summed E-state index contributed by atoms with van der Waals surface area (Å²) in [6.45, 7) is 1.88. The molecule has 8 nitrogen and oxygen atoms in total. The molecular weight excluding hydrogens is 310 g/mol. The summed E-state index contributed by atoms with van der Waals surface area (Å²) in [4.78, 5) is 22.7. The Balaban J connectivity index is 1.75. The lowest BCUT2D eigenvalue weighted by molar-refractivity contribution is -0.118. The van der Waals surface area contributed by atoms with Gasteiger partial charge in [0.15, 0.2) is 0 Å². The normalized spacial score (nSPS) is 11.7. The van der Waals surface area contributed by atoms with E-state index in [0.717, 1.165) is 18.4 Å². The van der Waals surface area contributed by atoms with Gasteiger partial charge in [0.05, 0.1) is 11.9 Å². The van der Waals surface area contributed by atoms with Crippen LogP contribution in [0, 0.1) is 0 Å². The van der Waals surface area contributed by atoms with Crippen LogP contribution in [0.1, 0.15) is 18.9 Å². The number of aromatic hydroxyl groups is 1. The molecule has 24 heavy (non-hydrogen) atoms. The maximum Gasteiger partial charge on any atom is 0.319 e. The summed E-state index contributed by atoms with van der Waals surface area (Å²) >= 11 is 0. The lowest BCUT2D eigenvalue weighted by atomic mass is 10.1. The number of rotatable bonds is 7. The Bertz CT molecular complexity index is 696. The number of nitrogens with two attached hydrogens (primary N) is 1. The molecule has 0 aliphatic carbocycles. The number of aryl methyl sites for hydroxylation is 1. The Kier molecular flexibility index (Phi) is 5.78. The van der Waals surface area contributed by atoms with E-state index in [4.69, 9.17) is 5.73 Å². The number of carbonyl (C=O) groups is 2. The Labute approximate surface area is 139 Å². The summed E-state index contributed by atoms with van der Waals surface area (Å²) in [6, 6.07) is 6.63. The van der Waals surface area contributed by atoms with Gasteiger partial charge in [-0.15, -0.1) is 0 Å². The predicted molar refractivity (Wildman–Crippen MR) is 89.5 cm³/mol. The van der Waals surface area contributed by atoms with Crippen LogP contribution in [-0.4, -0.2) is 32.9 Å². The molecule has 1 atom stereocenters. The highest BCUT2D eigenvalue weighted by Gasteiger charge is 2.09. The topological polar surface area (TPSA) is 122 Å². The SMILES string of the molecule is CC(CCc1ccc(O)cc1)NC(=O)Nc1cnn(CC(N)=O)c1. The molecule has 128 valence electrons. The molecule has 0 aliphatic rings. The summed E-state index contributed by atoms with van der Waals surface area (Å²) < 4.78 is 1.35. The van der Waals surface area contributed by atoms with E-state index >= 15 is 0 Å². The number of urea groups is 1. The molecule has 0 aliphatic heterocycles. The van der Waals surface area contributed by atoms with Crippen LogP contribution in [0.15, 0.2) is 36.7 Å². The van der Waals surface area contributed by atoms with Gasteiger partial charge in [-0.1, -0.05) is 12.1 Å². The summed E-state index contributed by atoms with van der Waals surface area (Å²) in [7, 11) is 0. The van der Waals surface area contributed by atoms with Gasteiger partial charge in [0.1, 0.15) is 12.3 Å². The summed E-state index contributed by atoms with van der Waals surface area (Å²) in [5.74, 6) is -0.266.